The van der Waals surface area contributed by atoms with Crippen LogP contribution in [0.3, 0.4) is 0 Å². The highest BCUT2D eigenvalue weighted by Crippen LogP contribution is 2.23. The van der Waals surface area contributed by atoms with Crippen LogP contribution in [0.1, 0.15) is 18.1 Å². The maximum absolute atomic E-state index is 9.95. The largest absolute Gasteiger partial charge is 0.390 e. The molecule has 0 fully saturated rings. The third-order valence-electron chi connectivity index (χ3n) is 2.49. The lowest BCUT2D eigenvalue weighted by molar-refractivity contribution is 0.0139. The highest BCUT2D eigenvalue weighted by molar-refractivity contribution is 7.98. The number of hydrogen-bond acceptors (Lipinski definition) is 4. The van der Waals surface area contributed by atoms with Gasteiger partial charge in [0.05, 0.1) is 6.10 Å². The first kappa shape index (κ1) is 13.5. The predicted molar refractivity (Wildman–Crippen MR) is 67.7 cm³/mol. The van der Waals surface area contributed by atoms with Gasteiger partial charge in [0.15, 0.2) is 0 Å². The first-order valence-corrected chi connectivity index (χ1v) is 6.56. The van der Waals surface area contributed by atoms with E-state index in [0.29, 0.717) is 13.0 Å². The number of aliphatic hydroxyl groups is 2. The maximum Gasteiger partial charge on any atom is 0.105 e. The lowest BCUT2D eigenvalue weighted by Gasteiger charge is -2.18. The van der Waals surface area contributed by atoms with Gasteiger partial charge in [0.25, 0.3) is 0 Å². The summed E-state index contributed by atoms with van der Waals surface area (Å²) in [7, 11) is 1.83. The van der Waals surface area contributed by atoms with Crippen LogP contribution in [0.5, 0.6) is 0 Å². The fraction of sp³-hybridized carbons (Fsp3) is 0.500. The minimum absolute atomic E-state index is 0.543. The minimum Gasteiger partial charge on any atom is -0.390 e. The smallest absolute Gasteiger partial charge is 0.105 e. The van der Waals surface area contributed by atoms with E-state index in [4.69, 9.17) is 0 Å². The first-order valence-electron chi connectivity index (χ1n) is 5.33. The Morgan fingerprint density at radius 3 is 2.75 bits per heavy atom. The van der Waals surface area contributed by atoms with Crippen molar-refractivity contribution >= 4 is 11.8 Å². The van der Waals surface area contributed by atoms with Crippen molar-refractivity contribution < 1.29 is 10.2 Å². The molecular weight excluding hydrogens is 222 g/mol. The Kier molecular flexibility index (Phi) is 5.84. The molecule has 0 saturated carbocycles. The van der Waals surface area contributed by atoms with Crippen LogP contribution in [0.25, 0.3) is 0 Å². The quantitative estimate of drug-likeness (QED) is 0.659. The highest BCUT2D eigenvalue weighted by atomic mass is 32.2. The Labute approximate surface area is 101 Å². The molecule has 0 aliphatic carbocycles. The topological polar surface area (TPSA) is 52.5 Å². The molecule has 16 heavy (non-hydrogen) atoms. The van der Waals surface area contributed by atoms with Crippen LogP contribution < -0.4 is 5.32 Å². The third kappa shape index (κ3) is 3.79. The number of aliphatic hydroxyl groups excluding tert-OH is 2. The minimum atomic E-state index is -0.805. The molecule has 3 nitrogen and oxygen atoms in total. The van der Waals surface area contributed by atoms with E-state index < -0.39 is 12.2 Å². The molecule has 4 heteroatoms. The molecule has 0 radical (unpaired) electrons. The molecule has 0 aromatic heterocycles. The van der Waals surface area contributed by atoms with Crippen molar-refractivity contribution in [1.29, 1.82) is 0 Å². The van der Waals surface area contributed by atoms with Gasteiger partial charge in [-0.2, -0.15) is 0 Å². The van der Waals surface area contributed by atoms with E-state index in [9.17, 15) is 10.2 Å². The highest BCUT2D eigenvalue weighted by Gasteiger charge is 2.17. The van der Waals surface area contributed by atoms with Gasteiger partial charge in [-0.3, -0.25) is 0 Å². The van der Waals surface area contributed by atoms with Gasteiger partial charge >= 0.3 is 0 Å². The molecule has 0 bridgehead atoms. The lowest BCUT2D eigenvalue weighted by atomic mass is 10.0. The summed E-state index contributed by atoms with van der Waals surface area (Å²) in [6.45, 7) is 0.695. The SMILES string of the molecule is CNCCC(O)C(O)c1cccc(SC)c1. The molecule has 2 atom stereocenters. The number of hydrogen-bond donors (Lipinski definition) is 3. The fourth-order valence-corrected chi connectivity index (χ4v) is 1.97. The number of nitrogens with one attached hydrogen (secondary N) is 1. The molecule has 0 heterocycles. The summed E-state index contributed by atoms with van der Waals surface area (Å²) in [6.07, 6.45) is 1.01. The second-order valence-electron chi connectivity index (χ2n) is 3.68. The number of rotatable bonds is 6. The summed E-state index contributed by atoms with van der Waals surface area (Å²) in [5.41, 5.74) is 0.774. The van der Waals surface area contributed by atoms with E-state index in [2.05, 4.69) is 5.32 Å². The zero-order chi connectivity index (χ0) is 12.0. The monoisotopic (exact) mass is 241 g/mol. The van der Waals surface area contributed by atoms with E-state index in [1.807, 2.05) is 37.6 Å². The van der Waals surface area contributed by atoms with Crippen LogP contribution in [0.15, 0.2) is 29.2 Å². The molecule has 0 aliphatic rings. The first-order chi connectivity index (χ1) is 7.69. The van der Waals surface area contributed by atoms with Crippen LogP contribution in [-0.4, -0.2) is 36.2 Å². The van der Waals surface area contributed by atoms with Crippen molar-refractivity contribution in [2.75, 3.05) is 19.8 Å². The fourth-order valence-electron chi connectivity index (χ4n) is 1.50. The lowest BCUT2D eigenvalue weighted by Crippen LogP contribution is -2.23. The number of benzene rings is 1. The van der Waals surface area contributed by atoms with Crippen LogP contribution in [-0.2, 0) is 0 Å². The maximum atomic E-state index is 9.95. The summed E-state index contributed by atoms with van der Waals surface area (Å²) in [6, 6.07) is 7.64. The van der Waals surface area contributed by atoms with Crippen LogP contribution >= 0.6 is 11.8 Å². The van der Waals surface area contributed by atoms with E-state index in [0.717, 1.165) is 10.5 Å². The predicted octanol–water partition coefficient (Wildman–Crippen LogP) is 1.41. The molecule has 1 aromatic rings. The van der Waals surface area contributed by atoms with Gasteiger partial charge in [-0.15, -0.1) is 11.8 Å². The van der Waals surface area contributed by atoms with Crippen LogP contribution in [0.2, 0.25) is 0 Å². The van der Waals surface area contributed by atoms with Gasteiger partial charge in [0, 0.05) is 4.90 Å². The third-order valence-corrected chi connectivity index (χ3v) is 3.22. The van der Waals surface area contributed by atoms with Gasteiger partial charge in [-0.1, -0.05) is 12.1 Å². The van der Waals surface area contributed by atoms with Crippen LogP contribution in [0.4, 0.5) is 0 Å². The summed E-state index contributed by atoms with van der Waals surface area (Å²) in [4.78, 5) is 1.09. The van der Waals surface area contributed by atoms with Crippen molar-refractivity contribution in [3.05, 3.63) is 29.8 Å². The molecule has 0 amide bonds. The average Bonchev–Trinajstić information content (AvgIpc) is 2.35. The van der Waals surface area contributed by atoms with Crippen molar-refractivity contribution in [2.45, 2.75) is 23.5 Å². The molecule has 0 aliphatic heterocycles. The molecule has 1 rings (SSSR count). The van der Waals surface area contributed by atoms with Gasteiger partial charge in [-0.25, -0.2) is 0 Å². The zero-order valence-corrected chi connectivity index (χ0v) is 10.5. The van der Waals surface area contributed by atoms with Gasteiger partial charge < -0.3 is 15.5 Å². The second-order valence-corrected chi connectivity index (χ2v) is 4.56. The van der Waals surface area contributed by atoms with Gasteiger partial charge in [0.1, 0.15) is 6.10 Å². The molecule has 1 aromatic carbocycles. The summed E-state index contributed by atoms with van der Waals surface area (Å²) < 4.78 is 0. The Morgan fingerprint density at radius 2 is 2.12 bits per heavy atom. The molecule has 0 saturated heterocycles. The normalized spacial score (nSPS) is 14.8. The van der Waals surface area contributed by atoms with E-state index in [1.165, 1.54) is 0 Å². The Balaban J connectivity index is 2.67. The Hall–Kier alpha value is -0.550. The van der Waals surface area contributed by atoms with Gasteiger partial charge in [-0.05, 0) is 44.0 Å². The van der Waals surface area contributed by atoms with Crippen molar-refractivity contribution in [2.24, 2.45) is 0 Å². The van der Waals surface area contributed by atoms with Crippen LogP contribution in [0, 0.1) is 0 Å². The zero-order valence-electron chi connectivity index (χ0n) is 9.68. The summed E-state index contributed by atoms with van der Waals surface area (Å²) in [5.74, 6) is 0. The molecular formula is C12H19NO2S. The summed E-state index contributed by atoms with van der Waals surface area (Å²) in [5, 5.41) is 22.7. The van der Waals surface area contributed by atoms with Crippen molar-refractivity contribution in [1.82, 2.24) is 5.32 Å². The van der Waals surface area contributed by atoms with Crippen molar-refractivity contribution in [3.8, 4) is 0 Å². The molecule has 2 unspecified atom stereocenters. The average molecular weight is 241 g/mol. The number of thioether (sulfide) groups is 1. The van der Waals surface area contributed by atoms with E-state index in [1.54, 1.807) is 11.8 Å². The molecule has 0 spiro atoms. The Morgan fingerprint density at radius 1 is 1.38 bits per heavy atom. The van der Waals surface area contributed by atoms with E-state index in [-0.39, 0.29) is 0 Å². The second kappa shape index (κ2) is 6.91. The molecule has 90 valence electrons. The standard InChI is InChI=1S/C12H19NO2S/c1-13-7-6-11(14)12(15)9-4-3-5-10(8-9)16-2/h3-5,8,11-15H,6-7H2,1-2H3. The molecule has 3 N–H and O–H groups in total. The van der Waals surface area contributed by atoms with Gasteiger partial charge in [0.2, 0.25) is 0 Å². The van der Waals surface area contributed by atoms with Crippen molar-refractivity contribution in [3.63, 3.8) is 0 Å². The summed E-state index contributed by atoms with van der Waals surface area (Å²) >= 11 is 1.62. The Bertz CT molecular complexity index is 320. The van der Waals surface area contributed by atoms with E-state index >= 15 is 0 Å².